The number of benzene rings is 2. The summed E-state index contributed by atoms with van der Waals surface area (Å²) in [6.45, 7) is 2.19. The Morgan fingerprint density at radius 3 is 2.77 bits per heavy atom. The topological polar surface area (TPSA) is 34.9 Å². The Kier molecular flexibility index (Phi) is 3.53. The van der Waals surface area contributed by atoms with Gasteiger partial charge in [-0.3, -0.25) is 9.48 Å². The Bertz CT molecular complexity index is 1030. The van der Waals surface area contributed by atoms with Crippen molar-refractivity contribution in [2.24, 2.45) is 13.0 Å². The quantitative estimate of drug-likeness (QED) is 0.625. The normalized spacial score (nSPS) is 20.2. The lowest BCUT2D eigenvalue weighted by Crippen LogP contribution is -2.04. The highest BCUT2D eigenvalue weighted by atomic mass is 16.1. The van der Waals surface area contributed by atoms with Gasteiger partial charge in [-0.2, -0.15) is 5.10 Å². The van der Waals surface area contributed by atoms with Crippen LogP contribution in [0.4, 0.5) is 0 Å². The number of rotatable bonds is 2. The maximum atomic E-state index is 12.2. The van der Waals surface area contributed by atoms with Gasteiger partial charge in [0.2, 0.25) is 0 Å². The van der Waals surface area contributed by atoms with E-state index in [1.807, 2.05) is 11.7 Å². The predicted molar refractivity (Wildman–Crippen MR) is 104 cm³/mol. The largest absolute Gasteiger partial charge is 0.299 e. The van der Waals surface area contributed by atoms with Crippen LogP contribution in [-0.2, 0) is 24.7 Å². The molecule has 2 aliphatic rings. The number of aryl methyl sites for hydroxylation is 1. The Labute approximate surface area is 154 Å². The molecule has 0 unspecified atom stereocenters. The van der Waals surface area contributed by atoms with E-state index in [0.29, 0.717) is 30.5 Å². The molecular formula is C23H24N2O. The number of ketones is 1. The van der Waals surface area contributed by atoms with Crippen molar-refractivity contribution in [2.75, 3.05) is 0 Å². The highest BCUT2D eigenvalue weighted by molar-refractivity contribution is 5.89. The van der Waals surface area contributed by atoms with Crippen LogP contribution >= 0.6 is 0 Å². The molecule has 3 heteroatoms. The van der Waals surface area contributed by atoms with Crippen LogP contribution in [0.25, 0.3) is 22.0 Å². The molecule has 0 bridgehead atoms. The summed E-state index contributed by atoms with van der Waals surface area (Å²) in [7, 11) is 2.04. The van der Waals surface area contributed by atoms with Crippen LogP contribution in [0.1, 0.15) is 48.9 Å². The summed E-state index contributed by atoms with van der Waals surface area (Å²) in [5.74, 6) is 1.42. The minimum atomic E-state index is 0.368. The third kappa shape index (κ3) is 2.57. The molecule has 1 atom stereocenters. The Balaban J connectivity index is 1.68. The van der Waals surface area contributed by atoms with E-state index in [1.54, 1.807) is 0 Å². The minimum Gasteiger partial charge on any atom is -0.299 e. The number of carbonyl (C=O) groups is 1. The van der Waals surface area contributed by atoms with Crippen molar-refractivity contribution >= 4 is 16.7 Å². The van der Waals surface area contributed by atoms with Crippen molar-refractivity contribution in [1.82, 2.24) is 9.78 Å². The molecule has 0 radical (unpaired) electrons. The van der Waals surface area contributed by atoms with Crippen molar-refractivity contribution < 1.29 is 4.79 Å². The van der Waals surface area contributed by atoms with Gasteiger partial charge in [0.1, 0.15) is 5.78 Å². The van der Waals surface area contributed by atoms with Gasteiger partial charge in [0.15, 0.2) is 0 Å². The highest BCUT2D eigenvalue weighted by Gasteiger charge is 2.29. The van der Waals surface area contributed by atoms with Crippen LogP contribution in [0, 0.1) is 5.92 Å². The van der Waals surface area contributed by atoms with E-state index in [4.69, 9.17) is 5.10 Å². The van der Waals surface area contributed by atoms with E-state index in [9.17, 15) is 4.79 Å². The standard InChI is InChI=1S/C23H24N2O/c1-14-10-18(26)12-16-4-3-5-19(20(16)11-14)17-8-9-22-21(13-17)23(15-6-7-15)24-25(22)2/h3-5,8-9,13-15H,6-7,10-12H2,1-2H3/t14-/m0/s1. The molecule has 0 N–H and O–H groups in total. The first-order valence-electron chi connectivity index (χ1n) is 9.69. The van der Waals surface area contributed by atoms with Crippen LogP contribution < -0.4 is 0 Å². The van der Waals surface area contributed by atoms with Gasteiger partial charge in [0.25, 0.3) is 0 Å². The van der Waals surface area contributed by atoms with Crippen LogP contribution in [-0.4, -0.2) is 15.6 Å². The Hall–Kier alpha value is -2.42. The molecule has 3 nitrogen and oxygen atoms in total. The van der Waals surface area contributed by atoms with Crippen LogP contribution in [0.5, 0.6) is 0 Å². The number of Topliss-reactive ketones (excluding diaryl/α,β-unsaturated/α-hetero) is 1. The molecule has 1 saturated carbocycles. The monoisotopic (exact) mass is 344 g/mol. The van der Waals surface area contributed by atoms with Crippen LogP contribution in [0.3, 0.4) is 0 Å². The van der Waals surface area contributed by atoms with E-state index in [1.165, 1.54) is 51.7 Å². The zero-order valence-electron chi connectivity index (χ0n) is 15.5. The molecule has 2 aromatic carbocycles. The molecule has 1 heterocycles. The zero-order valence-corrected chi connectivity index (χ0v) is 15.5. The van der Waals surface area contributed by atoms with Gasteiger partial charge in [-0.1, -0.05) is 31.2 Å². The molecule has 132 valence electrons. The molecule has 2 aliphatic carbocycles. The minimum absolute atomic E-state index is 0.368. The van der Waals surface area contributed by atoms with E-state index < -0.39 is 0 Å². The molecule has 5 rings (SSSR count). The molecule has 0 amide bonds. The summed E-state index contributed by atoms with van der Waals surface area (Å²) in [5, 5.41) is 6.08. The van der Waals surface area contributed by atoms with Crippen molar-refractivity contribution in [3.8, 4) is 11.1 Å². The Morgan fingerprint density at radius 1 is 1.12 bits per heavy atom. The van der Waals surface area contributed by atoms with E-state index in [-0.39, 0.29) is 0 Å². The first-order chi connectivity index (χ1) is 12.6. The first kappa shape index (κ1) is 15.8. The summed E-state index contributed by atoms with van der Waals surface area (Å²) in [5.41, 5.74) is 7.59. The second-order valence-electron chi connectivity index (χ2n) is 8.19. The van der Waals surface area contributed by atoms with Gasteiger partial charge >= 0.3 is 0 Å². The van der Waals surface area contributed by atoms with Crippen LogP contribution in [0.2, 0.25) is 0 Å². The molecule has 3 aromatic rings. The van der Waals surface area contributed by atoms with Crippen molar-refractivity contribution in [3.05, 3.63) is 53.2 Å². The number of hydrogen-bond donors (Lipinski definition) is 0. The average Bonchev–Trinajstić information content (AvgIpc) is 3.41. The summed E-state index contributed by atoms with van der Waals surface area (Å²) < 4.78 is 2.01. The second kappa shape index (κ2) is 5.80. The van der Waals surface area contributed by atoms with E-state index in [0.717, 1.165) is 6.42 Å². The third-order valence-corrected chi connectivity index (χ3v) is 5.94. The smallest absolute Gasteiger partial charge is 0.137 e. The van der Waals surface area contributed by atoms with Gasteiger partial charge < -0.3 is 0 Å². The molecule has 1 fully saturated rings. The third-order valence-electron chi connectivity index (χ3n) is 5.94. The Morgan fingerprint density at radius 2 is 1.96 bits per heavy atom. The molecule has 0 spiro atoms. The lowest BCUT2D eigenvalue weighted by molar-refractivity contribution is -0.119. The summed E-state index contributed by atoms with van der Waals surface area (Å²) in [4.78, 5) is 12.2. The van der Waals surface area contributed by atoms with Gasteiger partial charge in [0.05, 0.1) is 11.2 Å². The lowest BCUT2D eigenvalue weighted by atomic mass is 9.90. The van der Waals surface area contributed by atoms with E-state index >= 15 is 0 Å². The fraction of sp³-hybridized carbons (Fsp3) is 0.391. The first-order valence-corrected chi connectivity index (χ1v) is 9.69. The lowest BCUT2D eigenvalue weighted by Gasteiger charge is -2.15. The van der Waals surface area contributed by atoms with E-state index in [2.05, 4.69) is 43.3 Å². The fourth-order valence-electron chi connectivity index (χ4n) is 4.52. The van der Waals surface area contributed by atoms with Crippen molar-refractivity contribution in [1.29, 1.82) is 0 Å². The number of hydrogen-bond acceptors (Lipinski definition) is 2. The van der Waals surface area contributed by atoms with Gasteiger partial charge in [0, 0.05) is 31.2 Å². The molecule has 0 saturated heterocycles. The number of aromatic nitrogens is 2. The summed E-state index contributed by atoms with van der Waals surface area (Å²) in [6.07, 6.45) is 4.78. The molecule has 0 aliphatic heterocycles. The molecule has 26 heavy (non-hydrogen) atoms. The summed E-state index contributed by atoms with van der Waals surface area (Å²) >= 11 is 0. The highest BCUT2D eigenvalue weighted by Crippen LogP contribution is 2.43. The fourth-order valence-corrected chi connectivity index (χ4v) is 4.52. The van der Waals surface area contributed by atoms with Crippen LogP contribution in [0.15, 0.2) is 36.4 Å². The number of fused-ring (bicyclic) bond motifs is 2. The zero-order chi connectivity index (χ0) is 17.8. The number of carbonyl (C=O) groups excluding carboxylic acids is 1. The maximum Gasteiger partial charge on any atom is 0.137 e. The van der Waals surface area contributed by atoms with Gasteiger partial charge in [-0.25, -0.2) is 0 Å². The molecule has 1 aromatic heterocycles. The predicted octanol–water partition coefficient (Wildman–Crippen LogP) is 4.81. The summed E-state index contributed by atoms with van der Waals surface area (Å²) in [6, 6.07) is 13.2. The SMILES string of the molecule is C[C@H]1CC(=O)Cc2cccc(-c3ccc4c(c3)c(C3CC3)nn4C)c2C1. The number of nitrogens with zero attached hydrogens (tertiary/aromatic N) is 2. The van der Waals surface area contributed by atoms with Crippen molar-refractivity contribution in [3.63, 3.8) is 0 Å². The second-order valence-corrected chi connectivity index (χ2v) is 8.19. The van der Waals surface area contributed by atoms with Gasteiger partial charge in [-0.05, 0) is 59.6 Å². The average molecular weight is 344 g/mol. The van der Waals surface area contributed by atoms with Crippen molar-refractivity contribution in [2.45, 2.75) is 44.9 Å². The van der Waals surface area contributed by atoms with Gasteiger partial charge in [-0.15, -0.1) is 0 Å². The molecular weight excluding hydrogens is 320 g/mol. The maximum absolute atomic E-state index is 12.2.